The number of aromatic nitrogens is 1. The number of nitrogens with one attached hydrogen (secondary N) is 1. The molecule has 0 unspecified atom stereocenters. The zero-order valence-electron chi connectivity index (χ0n) is 12.8. The number of oxazole rings is 1. The van der Waals surface area contributed by atoms with Crippen molar-refractivity contribution in [2.45, 2.75) is 38.1 Å². The number of hydrogen-bond acceptors (Lipinski definition) is 4. The van der Waals surface area contributed by atoms with Crippen molar-refractivity contribution in [3.8, 4) is 0 Å². The highest BCUT2D eigenvalue weighted by Crippen LogP contribution is 2.40. The summed E-state index contributed by atoms with van der Waals surface area (Å²) in [5.74, 6) is -0.643. The number of aryl methyl sites for hydroxylation is 1. The summed E-state index contributed by atoms with van der Waals surface area (Å²) < 4.78 is 5.51. The average molecular weight is 314 g/mol. The van der Waals surface area contributed by atoms with Crippen molar-refractivity contribution in [1.29, 1.82) is 0 Å². The molecule has 1 heterocycles. The molecule has 6 heteroatoms. The smallest absolute Gasteiger partial charge is 0.326 e. The lowest BCUT2D eigenvalue weighted by molar-refractivity contribution is -0.139. The molecule has 1 aliphatic carbocycles. The topological polar surface area (TPSA) is 92.4 Å². The van der Waals surface area contributed by atoms with Gasteiger partial charge in [-0.25, -0.2) is 9.78 Å². The number of rotatable bonds is 6. The van der Waals surface area contributed by atoms with Gasteiger partial charge in [-0.1, -0.05) is 30.3 Å². The standard InChI is InChI=1S/C17H18N2O4/c1-10-14(23-16(18-10)12-7-8-12)15(20)19-13(17(21)22)9-11-5-3-2-4-6-11/h2-6,12-13H,7-9H2,1H3,(H,19,20)(H,21,22)/t13-/m0/s1. The largest absolute Gasteiger partial charge is 0.480 e. The number of amides is 1. The molecule has 0 bridgehead atoms. The van der Waals surface area contributed by atoms with Crippen LogP contribution < -0.4 is 5.32 Å². The molecular formula is C17H18N2O4. The summed E-state index contributed by atoms with van der Waals surface area (Å²) >= 11 is 0. The molecule has 2 N–H and O–H groups in total. The van der Waals surface area contributed by atoms with E-state index in [0.29, 0.717) is 17.5 Å². The quantitative estimate of drug-likeness (QED) is 0.853. The summed E-state index contributed by atoms with van der Waals surface area (Å²) in [4.78, 5) is 28.0. The third-order valence-electron chi connectivity index (χ3n) is 3.83. The molecule has 1 saturated carbocycles. The fourth-order valence-corrected chi connectivity index (χ4v) is 2.41. The Morgan fingerprint density at radius 3 is 2.65 bits per heavy atom. The van der Waals surface area contributed by atoms with Gasteiger partial charge < -0.3 is 14.8 Å². The van der Waals surface area contributed by atoms with Crippen LogP contribution in [0.25, 0.3) is 0 Å². The predicted molar refractivity (Wildman–Crippen MR) is 82.3 cm³/mol. The van der Waals surface area contributed by atoms with Crippen LogP contribution in [0.3, 0.4) is 0 Å². The molecule has 0 radical (unpaired) electrons. The summed E-state index contributed by atoms with van der Waals surface area (Å²) in [6.45, 7) is 1.69. The van der Waals surface area contributed by atoms with Crippen LogP contribution in [0.5, 0.6) is 0 Å². The molecule has 0 spiro atoms. The lowest BCUT2D eigenvalue weighted by atomic mass is 10.1. The summed E-state index contributed by atoms with van der Waals surface area (Å²) in [6, 6.07) is 8.16. The van der Waals surface area contributed by atoms with Crippen molar-refractivity contribution in [1.82, 2.24) is 10.3 Å². The van der Waals surface area contributed by atoms with Crippen LogP contribution in [0.4, 0.5) is 0 Å². The molecule has 1 atom stereocenters. The van der Waals surface area contributed by atoms with E-state index in [-0.39, 0.29) is 12.2 Å². The first-order chi connectivity index (χ1) is 11.0. The maximum absolute atomic E-state index is 12.3. The number of hydrogen-bond donors (Lipinski definition) is 2. The SMILES string of the molecule is Cc1nc(C2CC2)oc1C(=O)N[C@@H](Cc1ccccc1)C(=O)O. The minimum Gasteiger partial charge on any atom is -0.480 e. The lowest BCUT2D eigenvalue weighted by Gasteiger charge is -2.13. The molecule has 120 valence electrons. The summed E-state index contributed by atoms with van der Waals surface area (Å²) in [7, 11) is 0. The Hall–Kier alpha value is -2.63. The third-order valence-corrected chi connectivity index (χ3v) is 3.83. The molecule has 1 aromatic carbocycles. The Morgan fingerprint density at radius 2 is 2.04 bits per heavy atom. The molecule has 1 amide bonds. The van der Waals surface area contributed by atoms with Gasteiger partial charge in [-0.05, 0) is 25.3 Å². The van der Waals surface area contributed by atoms with Crippen molar-refractivity contribution in [3.05, 3.63) is 53.2 Å². The van der Waals surface area contributed by atoms with Crippen molar-refractivity contribution in [2.24, 2.45) is 0 Å². The van der Waals surface area contributed by atoms with E-state index in [4.69, 9.17) is 4.42 Å². The van der Waals surface area contributed by atoms with E-state index in [9.17, 15) is 14.7 Å². The monoisotopic (exact) mass is 314 g/mol. The summed E-state index contributed by atoms with van der Waals surface area (Å²) in [5.41, 5.74) is 1.33. The van der Waals surface area contributed by atoms with Gasteiger partial charge in [0.15, 0.2) is 5.89 Å². The minimum absolute atomic E-state index is 0.103. The molecule has 1 fully saturated rings. The van der Waals surface area contributed by atoms with Crippen molar-refractivity contribution in [3.63, 3.8) is 0 Å². The number of carbonyl (C=O) groups is 2. The van der Waals surface area contributed by atoms with Crippen LogP contribution in [-0.4, -0.2) is 28.0 Å². The Labute approximate surface area is 133 Å². The lowest BCUT2D eigenvalue weighted by Crippen LogP contribution is -2.42. The first-order valence-corrected chi connectivity index (χ1v) is 7.59. The van der Waals surface area contributed by atoms with E-state index in [1.807, 2.05) is 30.3 Å². The summed E-state index contributed by atoms with van der Waals surface area (Å²) in [5, 5.41) is 11.9. The molecule has 3 rings (SSSR count). The van der Waals surface area contributed by atoms with E-state index in [0.717, 1.165) is 18.4 Å². The molecule has 0 saturated heterocycles. The van der Waals surface area contributed by atoms with Gasteiger partial charge in [0.2, 0.25) is 5.76 Å². The van der Waals surface area contributed by atoms with Crippen LogP contribution in [0.2, 0.25) is 0 Å². The number of carboxylic acid groups (broad SMARTS) is 1. The fourth-order valence-electron chi connectivity index (χ4n) is 2.41. The number of nitrogens with zero attached hydrogens (tertiary/aromatic N) is 1. The molecule has 6 nitrogen and oxygen atoms in total. The van der Waals surface area contributed by atoms with Crippen LogP contribution in [0, 0.1) is 6.92 Å². The number of carbonyl (C=O) groups excluding carboxylic acids is 1. The Morgan fingerprint density at radius 1 is 1.35 bits per heavy atom. The minimum atomic E-state index is -1.08. The Balaban J connectivity index is 1.72. The van der Waals surface area contributed by atoms with Crippen molar-refractivity contribution in [2.75, 3.05) is 0 Å². The maximum Gasteiger partial charge on any atom is 0.326 e. The zero-order valence-corrected chi connectivity index (χ0v) is 12.8. The first kappa shape index (κ1) is 15.3. The van der Waals surface area contributed by atoms with Crippen LogP contribution in [0.1, 0.15) is 46.5 Å². The van der Waals surface area contributed by atoms with E-state index in [1.54, 1.807) is 6.92 Å². The van der Waals surface area contributed by atoms with E-state index < -0.39 is 17.9 Å². The van der Waals surface area contributed by atoms with Gasteiger partial charge in [-0.15, -0.1) is 0 Å². The van der Waals surface area contributed by atoms with Crippen molar-refractivity contribution >= 4 is 11.9 Å². The molecule has 0 aliphatic heterocycles. The third kappa shape index (κ3) is 3.59. The number of benzene rings is 1. The summed E-state index contributed by atoms with van der Waals surface area (Å²) in [6.07, 6.45) is 2.25. The fraction of sp³-hybridized carbons (Fsp3) is 0.353. The van der Waals surface area contributed by atoms with Gasteiger partial charge in [0, 0.05) is 12.3 Å². The molecule has 23 heavy (non-hydrogen) atoms. The molecule has 1 aromatic heterocycles. The molecule has 1 aliphatic rings. The average Bonchev–Trinajstić information content (AvgIpc) is 3.30. The highest BCUT2D eigenvalue weighted by molar-refractivity contribution is 5.95. The zero-order chi connectivity index (χ0) is 16.4. The van der Waals surface area contributed by atoms with Gasteiger partial charge in [0.05, 0.1) is 5.69 Å². The highest BCUT2D eigenvalue weighted by atomic mass is 16.4. The molecule has 2 aromatic rings. The number of carboxylic acids is 1. The van der Waals surface area contributed by atoms with Gasteiger partial charge in [-0.3, -0.25) is 4.79 Å². The number of aliphatic carboxylic acids is 1. The van der Waals surface area contributed by atoms with E-state index >= 15 is 0 Å². The maximum atomic E-state index is 12.3. The Kier molecular flexibility index (Phi) is 4.14. The Bertz CT molecular complexity index is 719. The van der Waals surface area contributed by atoms with Gasteiger partial charge >= 0.3 is 5.97 Å². The van der Waals surface area contributed by atoms with Gasteiger partial charge in [0.25, 0.3) is 5.91 Å². The van der Waals surface area contributed by atoms with Crippen LogP contribution >= 0.6 is 0 Å². The van der Waals surface area contributed by atoms with Crippen LogP contribution in [0.15, 0.2) is 34.7 Å². The second-order valence-corrected chi connectivity index (χ2v) is 5.79. The van der Waals surface area contributed by atoms with Crippen molar-refractivity contribution < 1.29 is 19.1 Å². The van der Waals surface area contributed by atoms with E-state index in [2.05, 4.69) is 10.3 Å². The highest BCUT2D eigenvalue weighted by Gasteiger charge is 2.31. The first-order valence-electron chi connectivity index (χ1n) is 7.59. The van der Waals surface area contributed by atoms with Crippen LogP contribution in [-0.2, 0) is 11.2 Å². The van der Waals surface area contributed by atoms with Gasteiger partial charge in [0.1, 0.15) is 6.04 Å². The second-order valence-electron chi connectivity index (χ2n) is 5.79. The second kappa shape index (κ2) is 6.24. The predicted octanol–water partition coefficient (Wildman–Crippen LogP) is 2.29. The van der Waals surface area contributed by atoms with E-state index in [1.165, 1.54) is 0 Å². The normalized spacial score (nSPS) is 15.2. The molecular weight excluding hydrogens is 296 g/mol. The van der Waals surface area contributed by atoms with Gasteiger partial charge in [-0.2, -0.15) is 0 Å².